The van der Waals surface area contributed by atoms with Crippen molar-refractivity contribution < 1.29 is 9.53 Å². The van der Waals surface area contributed by atoms with E-state index in [2.05, 4.69) is 24.9 Å². The fourth-order valence-corrected chi connectivity index (χ4v) is 1.12. The zero-order valence-electron chi connectivity index (χ0n) is 8.49. The number of carbonyl (C=O) groups excluding carboxylic acids is 1. The lowest BCUT2D eigenvalue weighted by atomic mass is 10.3. The molecule has 2 rings (SSSR count). The van der Waals surface area contributed by atoms with Gasteiger partial charge in [0, 0.05) is 18.0 Å². The van der Waals surface area contributed by atoms with Gasteiger partial charge in [0.05, 0.1) is 25.1 Å². The minimum Gasteiger partial charge on any atom is -0.465 e. The summed E-state index contributed by atoms with van der Waals surface area (Å²) >= 11 is 0. The summed E-state index contributed by atoms with van der Waals surface area (Å²) in [6, 6.07) is 1.74. The summed E-state index contributed by atoms with van der Waals surface area (Å²) in [6.45, 7) is 0. The Morgan fingerprint density at radius 1 is 1.19 bits per heavy atom. The van der Waals surface area contributed by atoms with Crippen LogP contribution in [0.4, 0.5) is 0 Å². The van der Waals surface area contributed by atoms with Crippen molar-refractivity contribution in [1.29, 1.82) is 0 Å². The minimum absolute atomic E-state index is 0.313. The van der Waals surface area contributed by atoms with Crippen molar-refractivity contribution in [2.45, 2.75) is 0 Å². The number of nitrogens with zero attached hydrogens (tertiary/aromatic N) is 4. The molecule has 2 aromatic rings. The van der Waals surface area contributed by atoms with Crippen LogP contribution in [0.1, 0.15) is 10.4 Å². The van der Waals surface area contributed by atoms with Crippen LogP contribution in [0.5, 0.6) is 0 Å². The van der Waals surface area contributed by atoms with Gasteiger partial charge in [-0.25, -0.2) is 14.8 Å². The third kappa shape index (κ3) is 2.00. The molecule has 16 heavy (non-hydrogen) atoms. The highest BCUT2D eigenvalue weighted by molar-refractivity contribution is 5.88. The molecule has 0 aromatic carbocycles. The van der Waals surface area contributed by atoms with Gasteiger partial charge in [0.1, 0.15) is 0 Å². The number of hydrogen-bond donors (Lipinski definition) is 0. The molecule has 0 atom stereocenters. The number of ether oxygens (including phenoxy) is 1. The molecule has 0 aliphatic rings. The fourth-order valence-electron chi connectivity index (χ4n) is 1.12. The summed E-state index contributed by atoms with van der Waals surface area (Å²) in [5, 5.41) is 7.36. The van der Waals surface area contributed by atoms with Crippen molar-refractivity contribution in [3.8, 4) is 11.4 Å². The quantitative estimate of drug-likeness (QED) is 0.688. The Bertz CT molecular complexity index is 484. The highest BCUT2D eigenvalue weighted by atomic mass is 16.5. The minimum atomic E-state index is -0.459. The van der Waals surface area contributed by atoms with Crippen LogP contribution in [0.3, 0.4) is 0 Å². The van der Waals surface area contributed by atoms with Gasteiger partial charge in [-0.2, -0.15) is 10.2 Å². The van der Waals surface area contributed by atoms with Crippen LogP contribution in [0, 0.1) is 0 Å². The molecule has 0 saturated carbocycles. The van der Waals surface area contributed by atoms with Gasteiger partial charge in [-0.1, -0.05) is 0 Å². The van der Waals surface area contributed by atoms with E-state index in [0.29, 0.717) is 11.4 Å². The average Bonchev–Trinajstić information content (AvgIpc) is 2.39. The Morgan fingerprint density at radius 2 is 1.94 bits per heavy atom. The predicted octanol–water partition coefficient (Wildman–Crippen LogP) is 0.720. The fraction of sp³-hybridized carbons (Fsp3) is 0.100. The molecule has 0 radical (unpaired) electrons. The molecule has 2 aromatic heterocycles. The van der Waals surface area contributed by atoms with E-state index in [1.165, 1.54) is 19.5 Å². The maximum Gasteiger partial charge on any atom is 0.341 e. The molecule has 0 aliphatic heterocycles. The highest BCUT2D eigenvalue weighted by Crippen LogP contribution is 2.11. The van der Waals surface area contributed by atoms with E-state index in [4.69, 9.17) is 0 Å². The molecular formula is C10H8N4O2. The molecular weight excluding hydrogens is 208 g/mol. The van der Waals surface area contributed by atoms with E-state index in [-0.39, 0.29) is 0 Å². The largest absolute Gasteiger partial charge is 0.465 e. The SMILES string of the molecule is COC(=O)c1cnc(-c2ccnnc2)nc1. The van der Waals surface area contributed by atoms with Gasteiger partial charge in [-0.15, -0.1) is 0 Å². The monoisotopic (exact) mass is 216 g/mol. The summed E-state index contributed by atoms with van der Waals surface area (Å²) in [6.07, 6.45) is 5.92. The zero-order valence-corrected chi connectivity index (χ0v) is 8.49. The molecule has 80 valence electrons. The normalized spacial score (nSPS) is 9.81. The Kier molecular flexibility index (Phi) is 2.81. The second-order valence-electron chi connectivity index (χ2n) is 2.92. The second-order valence-corrected chi connectivity index (χ2v) is 2.92. The molecule has 0 N–H and O–H groups in total. The molecule has 6 heteroatoms. The number of rotatable bonds is 2. The summed E-state index contributed by atoms with van der Waals surface area (Å²) < 4.78 is 4.54. The van der Waals surface area contributed by atoms with E-state index in [0.717, 1.165) is 5.56 Å². The van der Waals surface area contributed by atoms with Crippen LogP contribution in [-0.4, -0.2) is 33.2 Å². The number of hydrogen-bond acceptors (Lipinski definition) is 6. The van der Waals surface area contributed by atoms with Gasteiger partial charge in [0.15, 0.2) is 5.82 Å². The number of esters is 1. The van der Waals surface area contributed by atoms with Crippen LogP contribution in [0.15, 0.2) is 30.9 Å². The van der Waals surface area contributed by atoms with Crippen molar-refractivity contribution in [2.24, 2.45) is 0 Å². The first kappa shape index (κ1) is 10.2. The third-order valence-electron chi connectivity index (χ3n) is 1.92. The van der Waals surface area contributed by atoms with Gasteiger partial charge in [-0.05, 0) is 6.07 Å². The number of methoxy groups -OCH3 is 1. The molecule has 2 heterocycles. The summed E-state index contributed by atoms with van der Waals surface area (Å²) in [7, 11) is 1.31. The van der Waals surface area contributed by atoms with Gasteiger partial charge < -0.3 is 4.74 Å². The van der Waals surface area contributed by atoms with Crippen LogP contribution in [0.25, 0.3) is 11.4 Å². The lowest BCUT2D eigenvalue weighted by Crippen LogP contribution is -2.03. The van der Waals surface area contributed by atoms with Gasteiger partial charge >= 0.3 is 5.97 Å². The van der Waals surface area contributed by atoms with E-state index in [9.17, 15) is 4.79 Å². The van der Waals surface area contributed by atoms with Gasteiger partial charge in [0.2, 0.25) is 0 Å². The molecule has 0 unspecified atom stereocenters. The highest BCUT2D eigenvalue weighted by Gasteiger charge is 2.07. The van der Waals surface area contributed by atoms with Crippen molar-refractivity contribution in [2.75, 3.05) is 7.11 Å². The van der Waals surface area contributed by atoms with Crippen molar-refractivity contribution in [3.05, 3.63) is 36.4 Å². The average molecular weight is 216 g/mol. The lowest BCUT2D eigenvalue weighted by Gasteiger charge is -2.00. The molecule has 0 aliphatic carbocycles. The Labute approximate surface area is 91.3 Å². The lowest BCUT2D eigenvalue weighted by molar-refractivity contribution is 0.0600. The Balaban J connectivity index is 2.30. The molecule has 0 fully saturated rings. The van der Waals surface area contributed by atoms with E-state index < -0.39 is 5.97 Å². The first-order chi connectivity index (χ1) is 7.81. The molecule has 0 spiro atoms. The number of aromatic nitrogens is 4. The standard InChI is InChI=1S/C10H8N4O2/c1-16-10(15)8-4-11-9(12-5-8)7-2-3-13-14-6-7/h2-6H,1H3. The summed E-state index contributed by atoms with van der Waals surface area (Å²) in [5.41, 5.74) is 1.06. The summed E-state index contributed by atoms with van der Waals surface area (Å²) in [5.74, 6) is 0.0296. The first-order valence-electron chi connectivity index (χ1n) is 4.48. The number of carbonyl (C=O) groups is 1. The zero-order chi connectivity index (χ0) is 11.4. The van der Waals surface area contributed by atoms with Crippen molar-refractivity contribution in [3.63, 3.8) is 0 Å². The van der Waals surface area contributed by atoms with Gasteiger partial charge in [0.25, 0.3) is 0 Å². The van der Waals surface area contributed by atoms with Crippen molar-refractivity contribution >= 4 is 5.97 Å². The maximum absolute atomic E-state index is 11.1. The first-order valence-corrected chi connectivity index (χ1v) is 4.48. The Morgan fingerprint density at radius 3 is 2.50 bits per heavy atom. The predicted molar refractivity (Wildman–Crippen MR) is 54.4 cm³/mol. The molecule has 6 nitrogen and oxygen atoms in total. The van der Waals surface area contributed by atoms with E-state index >= 15 is 0 Å². The van der Waals surface area contributed by atoms with Crippen molar-refractivity contribution in [1.82, 2.24) is 20.2 Å². The third-order valence-corrected chi connectivity index (χ3v) is 1.92. The van der Waals surface area contributed by atoms with Crippen LogP contribution in [0.2, 0.25) is 0 Å². The molecule has 0 amide bonds. The topological polar surface area (TPSA) is 77.9 Å². The smallest absolute Gasteiger partial charge is 0.341 e. The van der Waals surface area contributed by atoms with E-state index in [1.54, 1.807) is 18.5 Å². The summed E-state index contributed by atoms with van der Waals surface area (Å²) in [4.78, 5) is 19.2. The van der Waals surface area contributed by atoms with Crippen LogP contribution >= 0.6 is 0 Å². The van der Waals surface area contributed by atoms with E-state index in [1.807, 2.05) is 0 Å². The maximum atomic E-state index is 11.1. The molecule has 0 bridgehead atoms. The van der Waals surface area contributed by atoms with Crippen LogP contribution in [-0.2, 0) is 4.74 Å². The van der Waals surface area contributed by atoms with Gasteiger partial charge in [-0.3, -0.25) is 0 Å². The van der Waals surface area contributed by atoms with Crippen LogP contribution < -0.4 is 0 Å². The second kappa shape index (κ2) is 4.43. The Hall–Kier alpha value is -2.37. The molecule has 0 saturated heterocycles.